The molecular formula is C14H7BrF2N2O. The van der Waals surface area contributed by atoms with Crippen molar-refractivity contribution in [1.82, 2.24) is 10.1 Å². The van der Waals surface area contributed by atoms with Crippen LogP contribution in [0, 0.1) is 11.6 Å². The number of benzene rings is 2. The molecule has 0 aliphatic heterocycles. The molecule has 1 aromatic heterocycles. The second kappa shape index (κ2) is 5.13. The predicted octanol–water partition coefficient (Wildman–Crippen LogP) is 4.44. The monoisotopic (exact) mass is 336 g/mol. The smallest absolute Gasteiger partial charge is 0.258 e. The highest BCUT2D eigenvalue weighted by atomic mass is 79.9. The van der Waals surface area contributed by atoms with Gasteiger partial charge in [-0.25, -0.2) is 8.78 Å². The second-order valence-corrected chi connectivity index (χ2v) is 4.95. The van der Waals surface area contributed by atoms with Crippen LogP contribution in [0.25, 0.3) is 22.8 Å². The van der Waals surface area contributed by atoms with Gasteiger partial charge in [0.2, 0.25) is 5.82 Å². The zero-order valence-electron chi connectivity index (χ0n) is 9.98. The Bertz CT molecular complexity index is 753. The van der Waals surface area contributed by atoms with E-state index in [0.717, 1.165) is 16.6 Å². The van der Waals surface area contributed by atoms with E-state index < -0.39 is 11.6 Å². The second-order valence-electron chi connectivity index (χ2n) is 4.03. The summed E-state index contributed by atoms with van der Waals surface area (Å²) in [5, 5.41) is 3.63. The molecule has 0 atom stereocenters. The van der Waals surface area contributed by atoms with Crippen LogP contribution < -0.4 is 0 Å². The molecule has 0 amide bonds. The summed E-state index contributed by atoms with van der Waals surface area (Å²) in [6.45, 7) is 0. The average Bonchev–Trinajstić information content (AvgIpc) is 2.88. The first-order valence-electron chi connectivity index (χ1n) is 5.69. The summed E-state index contributed by atoms with van der Waals surface area (Å²) >= 11 is 3.32. The Balaban J connectivity index is 2.07. The fraction of sp³-hybridized carbons (Fsp3) is 0. The van der Waals surface area contributed by atoms with Crippen LogP contribution in [0.1, 0.15) is 0 Å². The van der Waals surface area contributed by atoms with Gasteiger partial charge in [-0.3, -0.25) is 0 Å². The van der Waals surface area contributed by atoms with Crippen molar-refractivity contribution in [2.45, 2.75) is 0 Å². The Hall–Kier alpha value is -2.08. The van der Waals surface area contributed by atoms with E-state index in [1.54, 1.807) is 18.2 Å². The zero-order valence-corrected chi connectivity index (χ0v) is 11.6. The molecule has 3 aromatic rings. The van der Waals surface area contributed by atoms with Gasteiger partial charge in [-0.2, -0.15) is 4.98 Å². The summed E-state index contributed by atoms with van der Waals surface area (Å²) in [5.41, 5.74) is 0.368. The molecule has 0 N–H and O–H groups in total. The van der Waals surface area contributed by atoms with Crippen LogP contribution in [0.15, 0.2) is 51.5 Å². The predicted molar refractivity (Wildman–Crippen MR) is 72.8 cm³/mol. The Morgan fingerprint density at radius 3 is 2.40 bits per heavy atom. The van der Waals surface area contributed by atoms with Gasteiger partial charge in [-0.15, -0.1) is 0 Å². The van der Waals surface area contributed by atoms with Gasteiger partial charge in [-0.1, -0.05) is 33.2 Å². The van der Waals surface area contributed by atoms with E-state index in [2.05, 4.69) is 26.1 Å². The van der Waals surface area contributed by atoms with Crippen molar-refractivity contribution in [3.05, 3.63) is 58.6 Å². The van der Waals surface area contributed by atoms with Crippen LogP contribution in [-0.2, 0) is 0 Å². The van der Waals surface area contributed by atoms with E-state index in [4.69, 9.17) is 4.52 Å². The third kappa shape index (κ3) is 2.34. The topological polar surface area (TPSA) is 38.9 Å². The molecule has 1 heterocycles. The van der Waals surface area contributed by atoms with Crippen molar-refractivity contribution in [2.24, 2.45) is 0 Å². The Morgan fingerprint density at radius 2 is 1.70 bits per heavy atom. The maximum absolute atomic E-state index is 13.6. The van der Waals surface area contributed by atoms with Crippen LogP contribution in [0.5, 0.6) is 0 Å². The summed E-state index contributed by atoms with van der Waals surface area (Å²) in [4.78, 5) is 4.03. The molecule has 0 aliphatic rings. The van der Waals surface area contributed by atoms with Crippen LogP contribution >= 0.6 is 15.9 Å². The molecule has 0 unspecified atom stereocenters. The molecule has 2 aromatic carbocycles. The highest BCUT2D eigenvalue weighted by molar-refractivity contribution is 9.10. The number of halogens is 3. The molecule has 0 spiro atoms. The molecule has 100 valence electrons. The largest absolute Gasteiger partial charge is 0.334 e. The summed E-state index contributed by atoms with van der Waals surface area (Å²) in [6.07, 6.45) is 0. The number of rotatable bonds is 2. The summed E-state index contributed by atoms with van der Waals surface area (Å²) < 4.78 is 33.2. The molecule has 20 heavy (non-hydrogen) atoms. The molecule has 0 bridgehead atoms. The van der Waals surface area contributed by atoms with Crippen molar-refractivity contribution in [3.8, 4) is 22.8 Å². The Labute approximate surface area is 121 Å². The van der Waals surface area contributed by atoms with Crippen molar-refractivity contribution in [1.29, 1.82) is 0 Å². The molecule has 0 fully saturated rings. The maximum atomic E-state index is 13.6. The van der Waals surface area contributed by atoms with Crippen molar-refractivity contribution in [2.75, 3.05) is 0 Å². The highest BCUT2D eigenvalue weighted by Gasteiger charge is 2.18. The number of hydrogen-bond acceptors (Lipinski definition) is 3. The van der Waals surface area contributed by atoms with Crippen molar-refractivity contribution < 1.29 is 13.3 Å². The normalized spacial score (nSPS) is 10.8. The molecule has 0 saturated carbocycles. The van der Waals surface area contributed by atoms with E-state index in [-0.39, 0.29) is 17.3 Å². The first kappa shape index (κ1) is 12.9. The summed E-state index contributed by atoms with van der Waals surface area (Å²) in [5.74, 6) is -1.38. The highest BCUT2D eigenvalue weighted by Crippen LogP contribution is 2.27. The Morgan fingerprint density at radius 1 is 1.00 bits per heavy atom. The third-order valence-corrected chi connectivity index (χ3v) is 3.18. The first-order chi connectivity index (χ1) is 9.65. The molecule has 0 saturated heterocycles. The van der Waals surface area contributed by atoms with Gasteiger partial charge in [-0.05, 0) is 30.3 Å². The fourth-order valence-corrected chi connectivity index (χ4v) is 2.17. The van der Waals surface area contributed by atoms with Gasteiger partial charge in [0, 0.05) is 10.0 Å². The minimum atomic E-state index is -0.730. The quantitative estimate of drug-likeness (QED) is 0.694. The van der Waals surface area contributed by atoms with E-state index in [1.807, 2.05) is 6.07 Å². The lowest BCUT2D eigenvalue weighted by Crippen LogP contribution is -1.91. The fourth-order valence-electron chi connectivity index (χ4n) is 1.78. The van der Waals surface area contributed by atoms with Gasteiger partial charge >= 0.3 is 0 Å². The van der Waals surface area contributed by atoms with Crippen molar-refractivity contribution in [3.63, 3.8) is 0 Å². The van der Waals surface area contributed by atoms with Crippen LogP contribution in [-0.4, -0.2) is 10.1 Å². The minimum absolute atomic E-state index is 0.115. The lowest BCUT2D eigenvalue weighted by molar-refractivity contribution is 0.431. The first-order valence-corrected chi connectivity index (χ1v) is 6.48. The molecule has 3 nitrogen and oxygen atoms in total. The molecule has 0 radical (unpaired) electrons. The van der Waals surface area contributed by atoms with Gasteiger partial charge in [0.25, 0.3) is 5.89 Å². The van der Waals surface area contributed by atoms with Crippen LogP contribution in [0.3, 0.4) is 0 Å². The summed E-state index contributed by atoms with van der Waals surface area (Å²) in [7, 11) is 0. The van der Waals surface area contributed by atoms with Crippen LogP contribution in [0.4, 0.5) is 8.78 Å². The lowest BCUT2D eigenvalue weighted by Gasteiger charge is -1.98. The van der Waals surface area contributed by atoms with Gasteiger partial charge in [0.05, 0.1) is 5.56 Å². The van der Waals surface area contributed by atoms with Crippen molar-refractivity contribution >= 4 is 15.9 Å². The van der Waals surface area contributed by atoms with E-state index in [0.29, 0.717) is 5.56 Å². The van der Waals surface area contributed by atoms with E-state index >= 15 is 0 Å². The SMILES string of the molecule is Fc1cccc(F)c1-c1noc(-c2cccc(Br)c2)n1. The minimum Gasteiger partial charge on any atom is -0.334 e. The molecule has 0 aliphatic carbocycles. The third-order valence-electron chi connectivity index (χ3n) is 2.68. The van der Waals surface area contributed by atoms with E-state index in [1.165, 1.54) is 6.07 Å². The van der Waals surface area contributed by atoms with Crippen LogP contribution in [0.2, 0.25) is 0 Å². The molecule has 6 heteroatoms. The number of aromatic nitrogens is 2. The van der Waals surface area contributed by atoms with E-state index in [9.17, 15) is 8.78 Å². The zero-order chi connectivity index (χ0) is 14.1. The van der Waals surface area contributed by atoms with Gasteiger partial charge < -0.3 is 4.52 Å². The molecular weight excluding hydrogens is 330 g/mol. The standard InChI is InChI=1S/C14H7BrF2N2O/c15-9-4-1-3-8(7-9)14-18-13(19-20-14)12-10(16)5-2-6-11(12)17/h1-7H. The lowest BCUT2D eigenvalue weighted by atomic mass is 10.2. The Kier molecular flexibility index (Phi) is 3.31. The maximum Gasteiger partial charge on any atom is 0.258 e. The number of nitrogens with zero attached hydrogens (tertiary/aromatic N) is 2. The molecule has 3 rings (SSSR count). The average molecular weight is 337 g/mol. The number of hydrogen-bond donors (Lipinski definition) is 0. The van der Waals surface area contributed by atoms with Gasteiger partial charge in [0.1, 0.15) is 11.6 Å². The summed E-state index contributed by atoms with van der Waals surface area (Å²) in [6, 6.07) is 10.8. The van der Waals surface area contributed by atoms with Gasteiger partial charge in [0.15, 0.2) is 0 Å².